The van der Waals surface area contributed by atoms with Crippen molar-refractivity contribution in [3.63, 3.8) is 0 Å². The van der Waals surface area contributed by atoms with Gasteiger partial charge in [0.25, 0.3) is 5.92 Å². The highest BCUT2D eigenvalue weighted by Crippen LogP contribution is 2.33. The number of fused-ring (bicyclic) bond motifs is 1. The first kappa shape index (κ1) is 16.6. The maximum absolute atomic E-state index is 13.3. The van der Waals surface area contributed by atoms with E-state index in [9.17, 15) is 8.78 Å². The van der Waals surface area contributed by atoms with E-state index in [1.807, 2.05) is 32.0 Å². The molecule has 0 saturated carbocycles. The number of aromatic nitrogens is 1. The number of aryl methyl sites for hydroxylation is 2. The minimum absolute atomic E-state index is 0.0772. The summed E-state index contributed by atoms with van der Waals surface area (Å²) in [6, 6.07) is 6.05. The maximum Gasteiger partial charge on any atom is 0.250 e. The second-order valence-electron chi connectivity index (χ2n) is 6.36. The van der Waals surface area contributed by atoms with E-state index < -0.39 is 5.92 Å². The first-order valence-corrected chi connectivity index (χ1v) is 8.45. The molecule has 0 atom stereocenters. The van der Waals surface area contributed by atoms with Gasteiger partial charge >= 0.3 is 0 Å². The lowest BCUT2D eigenvalue weighted by Crippen LogP contribution is -2.39. The fourth-order valence-corrected chi connectivity index (χ4v) is 3.46. The van der Waals surface area contributed by atoms with Gasteiger partial charge in [-0.2, -0.15) is 0 Å². The molecule has 1 fully saturated rings. The van der Waals surface area contributed by atoms with Crippen molar-refractivity contribution >= 4 is 22.5 Å². The van der Waals surface area contributed by atoms with Crippen molar-refractivity contribution in [1.29, 1.82) is 0 Å². The molecule has 0 bridgehead atoms. The number of rotatable bonds is 3. The van der Waals surface area contributed by atoms with Crippen LogP contribution in [0.25, 0.3) is 10.9 Å². The molecule has 1 aliphatic rings. The van der Waals surface area contributed by atoms with Crippen LogP contribution in [-0.2, 0) is 13.0 Å². The van der Waals surface area contributed by atoms with Gasteiger partial charge in [0.1, 0.15) is 0 Å². The van der Waals surface area contributed by atoms with Gasteiger partial charge in [0.05, 0.1) is 10.5 Å². The Hall–Kier alpha value is -1.26. The Morgan fingerprint density at radius 2 is 1.96 bits per heavy atom. The molecular weight excluding hydrogens is 318 g/mol. The first-order valence-electron chi connectivity index (χ1n) is 8.07. The number of likely N-dealkylation sites (tertiary alicyclic amines) is 1. The summed E-state index contributed by atoms with van der Waals surface area (Å²) < 4.78 is 26.7. The van der Waals surface area contributed by atoms with E-state index in [0.717, 1.165) is 34.1 Å². The lowest BCUT2D eigenvalue weighted by Gasteiger charge is -2.32. The van der Waals surface area contributed by atoms with Gasteiger partial charge in [-0.25, -0.2) is 8.78 Å². The Bertz CT molecular complexity index is 721. The first-order chi connectivity index (χ1) is 10.9. The van der Waals surface area contributed by atoms with Gasteiger partial charge in [0, 0.05) is 49.1 Å². The number of nitrogens with zero attached hydrogens (tertiary/aromatic N) is 2. The largest absolute Gasteiger partial charge is 0.299 e. The minimum Gasteiger partial charge on any atom is -0.299 e. The SMILES string of the molecule is CCc1nc2ccc(C)cc2c(Cl)c1CN1CCC(F)(F)CC1. The molecule has 2 aromatic rings. The highest BCUT2D eigenvalue weighted by Gasteiger charge is 2.34. The molecule has 2 heterocycles. The molecule has 23 heavy (non-hydrogen) atoms. The highest BCUT2D eigenvalue weighted by molar-refractivity contribution is 6.36. The number of pyridine rings is 1. The third-order valence-corrected chi connectivity index (χ3v) is 4.99. The Morgan fingerprint density at radius 3 is 2.61 bits per heavy atom. The fraction of sp³-hybridized carbons (Fsp3) is 0.500. The predicted octanol–water partition coefficient (Wildman–Crippen LogP) is 4.99. The van der Waals surface area contributed by atoms with Crippen LogP contribution in [0.2, 0.25) is 5.02 Å². The summed E-state index contributed by atoms with van der Waals surface area (Å²) >= 11 is 6.66. The zero-order chi connectivity index (χ0) is 16.6. The lowest BCUT2D eigenvalue weighted by atomic mass is 10.0. The van der Waals surface area contributed by atoms with Gasteiger partial charge in [-0.15, -0.1) is 0 Å². The van der Waals surface area contributed by atoms with E-state index in [0.29, 0.717) is 24.7 Å². The standard InChI is InChI=1S/C18H21ClF2N2/c1-3-15-14(11-23-8-6-18(20,21)7-9-23)17(19)13-10-12(2)4-5-16(13)22-15/h4-5,10H,3,6-9,11H2,1-2H3. The van der Waals surface area contributed by atoms with Crippen molar-refractivity contribution in [2.45, 2.75) is 45.6 Å². The van der Waals surface area contributed by atoms with Crippen LogP contribution in [0.15, 0.2) is 18.2 Å². The lowest BCUT2D eigenvalue weighted by molar-refractivity contribution is -0.0566. The molecule has 1 aromatic heterocycles. The van der Waals surface area contributed by atoms with Crippen LogP contribution in [-0.4, -0.2) is 28.9 Å². The van der Waals surface area contributed by atoms with Gasteiger partial charge in [-0.05, 0) is 25.5 Å². The van der Waals surface area contributed by atoms with Crippen LogP contribution in [0, 0.1) is 6.92 Å². The van der Waals surface area contributed by atoms with Crippen molar-refractivity contribution in [1.82, 2.24) is 9.88 Å². The number of hydrogen-bond acceptors (Lipinski definition) is 2. The number of hydrogen-bond donors (Lipinski definition) is 0. The molecule has 1 aliphatic heterocycles. The molecule has 2 nitrogen and oxygen atoms in total. The average Bonchev–Trinajstić information content (AvgIpc) is 2.52. The van der Waals surface area contributed by atoms with Crippen molar-refractivity contribution in [3.8, 4) is 0 Å². The molecular formula is C18H21ClF2N2. The average molecular weight is 339 g/mol. The zero-order valence-electron chi connectivity index (χ0n) is 13.5. The van der Waals surface area contributed by atoms with E-state index in [1.54, 1.807) is 0 Å². The topological polar surface area (TPSA) is 16.1 Å². The van der Waals surface area contributed by atoms with Crippen LogP contribution < -0.4 is 0 Å². The monoisotopic (exact) mass is 338 g/mol. The van der Waals surface area contributed by atoms with Gasteiger partial charge < -0.3 is 0 Å². The maximum atomic E-state index is 13.3. The Kier molecular flexibility index (Phi) is 4.56. The summed E-state index contributed by atoms with van der Waals surface area (Å²) in [7, 11) is 0. The molecule has 0 N–H and O–H groups in total. The number of piperidine rings is 1. The quantitative estimate of drug-likeness (QED) is 0.783. The van der Waals surface area contributed by atoms with Gasteiger partial charge in [-0.1, -0.05) is 30.2 Å². The van der Waals surface area contributed by atoms with E-state index in [-0.39, 0.29) is 12.8 Å². The molecule has 0 unspecified atom stereocenters. The van der Waals surface area contributed by atoms with Crippen LogP contribution in [0.4, 0.5) is 8.78 Å². The molecule has 1 saturated heterocycles. The van der Waals surface area contributed by atoms with E-state index >= 15 is 0 Å². The van der Waals surface area contributed by atoms with Gasteiger partial charge in [0.2, 0.25) is 0 Å². The molecule has 0 amide bonds. The van der Waals surface area contributed by atoms with Crippen molar-refractivity contribution < 1.29 is 8.78 Å². The molecule has 0 radical (unpaired) electrons. The summed E-state index contributed by atoms with van der Waals surface area (Å²) in [4.78, 5) is 6.79. The van der Waals surface area contributed by atoms with Crippen LogP contribution in [0.5, 0.6) is 0 Å². The van der Waals surface area contributed by atoms with Gasteiger partial charge in [0.15, 0.2) is 0 Å². The summed E-state index contributed by atoms with van der Waals surface area (Å²) in [5.41, 5.74) is 3.97. The van der Waals surface area contributed by atoms with Crippen LogP contribution >= 0.6 is 11.6 Å². The van der Waals surface area contributed by atoms with Crippen LogP contribution in [0.3, 0.4) is 0 Å². The Labute approximate surface area is 140 Å². The number of halogens is 3. The Morgan fingerprint density at radius 1 is 1.26 bits per heavy atom. The second-order valence-corrected chi connectivity index (χ2v) is 6.74. The summed E-state index contributed by atoms with van der Waals surface area (Å²) in [5, 5.41) is 1.66. The molecule has 0 spiro atoms. The second kappa shape index (κ2) is 6.33. The third kappa shape index (κ3) is 3.48. The van der Waals surface area contributed by atoms with E-state index in [4.69, 9.17) is 16.6 Å². The van der Waals surface area contributed by atoms with Crippen molar-refractivity contribution in [2.24, 2.45) is 0 Å². The number of alkyl halides is 2. The minimum atomic E-state index is -2.52. The summed E-state index contributed by atoms with van der Waals surface area (Å²) in [6.45, 7) is 5.47. The molecule has 124 valence electrons. The number of benzene rings is 1. The predicted molar refractivity (Wildman–Crippen MR) is 90.3 cm³/mol. The normalized spacial score (nSPS) is 18.5. The summed E-state index contributed by atoms with van der Waals surface area (Å²) in [5.74, 6) is -2.52. The zero-order valence-corrected chi connectivity index (χ0v) is 14.3. The third-order valence-electron chi connectivity index (χ3n) is 4.56. The van der Waals surface area contributed by atoms with E-state index in [1.165, 1.54) is 0 Å². The van der Waals surface area contributed by atoms with Gasteiger partial charge in [-0.3, -0.25) is 9.88 Å². The van der Waals surface area contributed by atoms with Crippen molar-refractivity contribution in [3.05, 3.63) is 40.0 Å². The fourth-order valence-electron chi connectivity index (χ4n) is 3.14. The highest BCUT2D eigenvalue weighted by atomic mass is 35.5. The smallest absolute Gasteiger partial charge is 0.250 e. The molecule has 3 rings (SSSR count). The van der Waals surface area contributed by atoms with E-state index in [2.05, 4.69) is 4.90 Å². The molecule has 1 aromatic carbocycles. The van der Waals surface area contributed by atoms with Crippen LogP contribution in [0.1, 0.15) is 36.6 Å². The Balaban J connectivity index is 1.94. The van der Waals surface area contributed by atoms with Crippen molar-refractivity contribution in [2.75, 3.05) is 13.1 Å². The summed E-state index contributed by atoms with van der Waals surface area (Å²) in [6.07, 6.45) is 0.626. The molecule has 0 aliphatic carbocycles. The molecule has 5 heteroatoms.